The van der Waals surface area contributed by atoms with Gasteiger partial charge in [0.1, 0.15) is 0 Å². The number of nitrogens with zero attached hydrogens (tertiary/aromatic N) is 2. The maximum atomic E-state index is 5.97. The molecule has 100 valence electrons. The van der Waals surface area contributed by atoms with Crippen molar-refractivity contribution < 1.29 is 0 Å². The summed E-state index contributed by atoms with van der Waals surface area (Å²) in [4.78, 5) is 6.74. The largest absolute Gasteiger partial charge is 0.370 e. The van der Waals surface area contributed by atoms with Gasteiger partial charge in [0.2, 0.25) is 0 Å². The molecule has 0 aromatic rings. The lowest BCUT2D eigenvalue weighted by molar-refractivity contribution is 0.249. The van der Waals surface area contributed by atoms with E-state index in [9.17, 15) is 0 Å². The number of unbranched alkanes of at least 4 members (excludes halogenated alkanes) is 4. The monoisotopic (exact) mass is 239 g/mol. The third-order valence-electron chi connectivity index (χ3n) is 3.83. The predicted molar refractivity (Wildman–Crippen MR) is 75.2 cm³/mol. The van der Waals surface area contributed by atoms with Gasteiger partial charge in [0.25, 0.3) is 0 Å². The van der Waals surface area contributed by atoms with Gasteiger partial charge in [-0.3, -0.25) is 4.99 Å². The number of guanidine groups is 1. The molecular formula is C14H29N3. The van der Waals surface area contributed by atoms with Gasteiger partial charge in [-0.1, -0.05) is 46.0 Å². The van der Waals surface area contributed by atoms with Crippen LogP contribution in [0.15, 0.2) is 4.99 Å². The fourth-order valence-corrected chi connectivity index (χ4v) is 2.55. The Labute approximate surface area is 106 Å². The summed E-state index contributed by atoms with van der Waals surface area (Å²) >= 11 is 0. The van der Waals surface area contributed by atoms with E-state index in [2.05, 4.69) is 30.7 Å². The number of hydrogen-bond acceptors (Lipinski definition) is 3. The maximum absolute atomic E-state index is 5.97. The summed E-state index contributed by atoms with van der Waals surface area (Å²) in [5, 5.41) is 0. The van der Waals surface area contributed by atoms with Crippen molar-refractivity contribution in [3.05, 3.63) is 0 Å². The second kappa shape index (κ2) is 7.57. The summed E-state index contributed by atoms with van der Waals surface area (Å²) in [5.74, 6) is 0.762. The number of hydrogen-bond donors (Lipinski definition) is 1. The van der Waals surface area contributed by atoms with Gasteiger partial charge in [-0.2, -0.15) is 0 Å². The van der Waals surface area contributed by atoms with Crippen LogP contribution in [0.5, 0.6) is 0 Å². The lowest BCUT2D eigenvalue weighted by Gasteiger charge is -2.31. The Kier molecular flexibility index (Phi) is 6.38. The molecule has 3 nitrogen and oxygen atoms in total. The molecule has 1 heterocycles. The van der Waals surface area contributed by atoms with E-state index in [4.69, 9.17) is 5.73 Å². The zero-order valence-corrected chi connectivity index (χ0v) is 11.8. The average Bonchev–Trinajstić information content (AvgIpc) is 2.69. The van der Waals surface area contributed by atoms with Crippen molar-refractivity contribution in [2.45, 2.75) is 77.8 Å². The van der Waals surface area contributed by atoms with Crippen LogP contribution in [0.25, 0.3) is 0 Å². The molecule has 0 radical (unpaired) electrons. The molecule has 3 heteroatoms. The Hall–Kier alpha value is -0.730. The molecule has 1 rings (SSSR count). The number of aliphatic imine (C=N–C) groups is 1. The highest BCUT2D eigenvalue weighted by atomic mass is 15.3. The minimum absolute atomic E-state index is 0.530. The third kappa shape index (κ3) is 4.21. The molecule has 2 N–H and O–H groups in total. The molecule has 0 saturated heterocycles. The Morgan fingerprint density at radius 1 is 1.29 bits per heavy atom. The molecule has 0 amide bonds. The van der Waals surface area contributed by atoms with Crippen LogP contribution in [0.2, 0.25) is 0 Å². The third-order valence-corrected chi connectivity index (χ3v) is 3.83. The molecule has 1 aliphatic rings. The molecule has 17 heavy (non-hydrogen) atoms. The molecule has 0 fully saturated rings. The van der Waals surface area contributed by atoms with Crippen molar-refractivity contribution in [1.82, 2.24) is 4.90 Å². The van der Waals surface area contributed by atoms with E-state index in [1.54, 1.807) is 0 Å². The Morgan fingerprint density at radius 2 is 2.00 bits per heavy atom. The highest BCUT2D eigenvalue weighted by molar-refractivity contribution is 5.80. The zero-order chi connectivity index (χ0) is 12.7. The first kappa shape index (κ1) is 14.3. The van der Waals surface area contributed by atoms with Crippen LogP contribution in [0.3, 0.4) is 0 Å². The van der Waals surface area contributed by atoms with Gasteiger partial charge in [-0.25, -0.2) is 0 Å². The van der Waals surface area contributed by atoms with Crippen LogP contribution < -0.4 is 5.73 Å². The fraction of sp³-hybridized carbons (Fsp3) is 0.929. The molecule has 0 bridgehead atoms. The average molecular weight is 239 g/mol. The Morgan fingerprint density at radius 3 is 2.65 bits per heavy atom. The van der Waals surface area contributed by atoms with Crippen LogP contribution in [0, 0.1) is 0 Å². The first-order valence-electron chi connectivity index (χ1n) is 7.28. The molecule has 1 aliphatic heterocycles. The SMILES string of the molecule is CCCCCCCC1CN=C(N)N1C(C)CC. The van der Waals surface area contributed by atoms with E-state index < -0.39 is 0 Å². The van der Waals surface area contributed by atoms with Crippen LogP contribution in [0.4, 0.5) is 0 Å². The van der Waals surface area contributed by atoms with Gasteiger partial charge in [0.15, 0.2) is 5.96 Å². The first-order chi connectivity index (χ1) is 8.20. The van der Waals surface area contributed by atoms with E-state index in [1.165, 1.54) is 38.5 Å². The van der Waals surface area contributed by atoms with Gasteiger partial charge in [-0.15, -0.1) is 0 Å². The van der Waals surface area contributed by atoms with Gasteiger partial charge in [0, 0.05) is 6.04 Å². The first-order valence-corrected chi connectivity index (χ1v) is 7.28. The van der Waals surface area contributed by atoms with Crippen molar-refractivity contribution >= 4 is 5.96 Å². The summed E-state index contributed by atoms with van der Waals surface area (Å²) < 4.78 is 0. The summed E-state index contributed by atoms with van der Waals surface area (Å²) in [6, 6.07) is 1.09. The lowest BCUT2D eigenvalue weighted by Crippen LogP contribution is -2.46. The zero-order valence-electron chi connectivity index (χ0n) is 11.8. The minimum Gasteiger partial charge on any atom is -0.370 e. The van der Waals surface area contributed by atoms with Crippen molar-refractivity contribution in [3.8, 4) is 0 Å². The van der Waals surface area contributed by atoms with Crippen molar-refractivity contribution in [1.29, 1.82) is 0 Å². The van der Waals surface area contributed by atoms with Crippen molar-refractivity contribution in [2.75, 3.05) is 6.54 Å². The number of nitrogens with two attached hydrogens (primary N) is 1. The normalized spacial score (nSPS) is 21.7. The number of rotatable bonds is 8. The van der Waals surface area contributed by atoms with E-state index >= 15 is 0 Å². The van der Waals surface area contributed by atoms with E-state index in [-0.39, 0.29) is 0 Å². The lowest BCUT2D eigenvalue weighted by atomic mass is 10.0. The molecule has 0 aromatic carbocycles. The summed E-state index contributed by atoms with van der Waals surface area (Å²) in [5.41, 5.74) is 5.97. The second-order valence-corrected chi connectivity index (χ2v) is 5.22. The fourth-order valence-electron chi connectivity index (χ4n) is 2.55. The van der Waals surface area contributed by atoms with Crippen molar-refractivity contribution in [2.24, 2.45) is 10.7 Å². The van der Waals surface area contributed by atoms with Crippen molar-refractivity contribution in [3.63, 3.8) is 0 Å². The molecular weight excluding hydrogens is 210 g/mol. The van der Waals surface area contributed by atoms with Gasteiger partial charge < -0.3 is 10.6 Å². The standard InChI is InChI=1S/C14H29N3/c1-4-6-7-8-9-10-13-11-16-14(15)17(13)12(3)5-2/h12-13H,4-11H2,1-3H3,(H2,15,16). The Bertz CT molecular complexity index is 238. The molecule has 0 spiro atoms. The van der Waals surface area contributed by atoms with E-state index in [0.29, 0.717) is 12.1 Å². The van der Waals surface area contributed by atoms with Gasteiger partial charge in [-0.05, 0) is 19.8 Å². The van der Waals surface area contributed by atoms with Crippen LogP contribution in [0.1, 0.15) is 65.7 Å². The van der Waals surface area contributed by atoms with Crippen LogP contribution in [-0.2, 0) is 0 Å². The quantitative estimate of drug-likeness (QED) is 0.661. The van der Waals surface area contributed by atoms with Gasteiger partial charge >= 0.3 is 0 Å². The summed E-state index contributed by atoms with van der Waals surface area (Å²) in [7, 11) is 0. The second-order valence-electron chi connectivity index (χ2n) is 5.22. The van der Waals surface area contributed by atoms with Crippen LogP contribution >= 0.6 is 0 Å². The summed E-state index contributed by atoms with van der Waals surface area (Å²) in [6.07, 6.45) is 9.14. The summed E-state index contributed by atoms with van der Waals surface area (Å²) in [6.45, 7) is 7.63. The minimum atomic E-state index is 0.530. The maximum Gasteiger partial charge on any atom is 0.191 e. The topological polar surface area (TPSA) is 41.6 Å². The highest BCUT2D eigenvalue weighted by Gasteiger charge is 2.28. The molecule has 0 aromatic heterocycles. The highest BCUT2D eigenvalue weighted by Crippen LogP contribution is 2.20. The smallest absolute Gasteiger partial charge is 0.191 e. The molecule has 0 aliphatic carbocycles. The van der Waals surface area contributed by atoms with Crippen LogP contribution in [-0.4, -0.2) is 29.5 Å². The molecule has 0 saturated carbocycles. The van der Waals surface area contributed by atoms with E-state index in [1.807, 2.05) is 0 Å². The van der Waals surface area contributed by atoms with E-state index in [0.717, 1.165) is 18.9 Å². The molecule has 2 unspecified atom stereocenters. The predicted octanol–water partition coefficient (Wildman–Crippen LogP) is 3.14. The van der Waals surface area contributed by atoms with Gasteiger partial charge in [0.05, 0.1) is 12.6 Å². The molecule has 2 atom stereocenters. The Balaban J connectivity index is 2.28.